The van der Waals surface area contributed by atoms with Crippen LogP contribution in [0.5, 0.6) is 0 Å². The third-order valence-electron chi connectivity index (χ3n) is 7.15. The van der Waals surface area contributed by atoms with E-state index in [1.54, 1.807) is 23.1 Å². The predicted octanol–water partition coefficient (Wildman–Crippen LogP) is 4.35. The summed E-state index contributed by atoms with van der Waals surface area (Å²) in [6.07, 6.45) is 7.05. The van der Waals surface area contributed by atoms with Crippen molar-refractivity contribution in [1.29, 1.82) is 5.26 Å². The van der Waals surface area contributed by atoms with E-state index in [-0.39, 0.29) is 30.2 Å². The first kappa shape index (κ1) is 26.1. The number of morpholine rings is 1. The molecule has 1 saturated carbocycles. The third kappa shape index (κ3) is 5.98. The molecular weight excluding hydrogens is 489 g/mol. The molecule has 0 N–H and O–H groups in total. The zero-order valence-electron chi connectivity index (χ0n) is 21.4. The average Bonchev–Trinajstić information content (AvgIpc) is 3.77. The van der Waals surface area contributed by atoms with Crippen molar-refractivity contribution in [2.75, 3.05) is 39.5 Å². The van der Waals surface area contributed by atoms with E-state index in [0.29, 0.717) is 62.8 Å². The summed E-state index contributed by atoms with van der Waals surface area (Å²) in [5.74, 6) is -0.411. The molecule has 4 aliphatic rings. The van der Waals surface area contributed by atoms with Crippen molar-refractivity contribution < 1.29 is 28.2 Å². The summed E-state index contributed by atoms with van der Waals surface area (Å²) in [5.41, 5.74) is 3.35. The van der Waals surface area contributed by atoms with Crippen molar-refractivity contribution in [1.82, 2.24) is 9.80 Å². The molecular formula is C29H32FN3O5. The molecule has 8 nitrogen and oxygen atoms in total. The number of hydrogen-bond donors (Lipinski definition) is 0. The van der Waals surface area contributed by atoms with Crippen LogP contribution in [0, 0.1) is 17.1 Å². The van der Waals surface area contributed by atoms with E-state index in [0.717, 1.165) is 36.8 Å². The Kier molecular flexibility index (Phi) is 8.20. The van der Waals surface area contributed by atoms with Gasteiger partial charge in [-0.05, 0) is 67.0 Å². The van der Waals surface area contributed by atoms with Crippen LogP contribution in [0.4, 0.5) is 9.18 Å². The Balaban J connectivity index is 1.20. The van der Waals surface area contributed by atoms with Gasteiger partial charge in [0.2, 0.25) is 0 Å². The Hall–Kier alpha value is -3.48. The lowest BCUT2D eigenvalue weighted by atomic mass is 9.81. The van der Waals surface area contributed by atoms with Crippen LogP contribution < -0.4 is 0 Å². The van der Waals surface area contributed by atoms with Gasteiger partial charge in [-0.2, -0.15) is 5.26 Å². The number of ether oxygens (including phenoxy) is 3. The summed E-state index contributed by atoms with van der Waals surface area (Å²) in [6, 6.07) is 8.80. The largest absolute Gasteiger partial charge is 0.449 e. The van der Waals surface area contributed by atoms with Gasteiger partial charge < -0.3 is 24.0 Å². The van der Waals surface area contributed by atoms with Crippen LogP contribution in [-0.4, -0.2) is 73.3 Å². The second-order valence-corrected chi connectivity index (χ2v) is 9.93. The van der Waals surface area contributed by atoms with Crippen LogP contribution in [-0.2, 0) is 19.0 Å². The number of allylic oxidation sites excluding steroid dienone is 4. The van der Waals surface area contributed by atoms with Crippen LogP contribution in [0.25, 0.3) is 5.57 Å². The fourth-order valence-corrected chi connectivity index (χ4v) is 5.00. The molecule has 2 aliphatic heterocycles. The maximum absolute atomic E-state index is 14.2. The number of halogens is 1. The minimum absolute atomic E-state index is 0.0332. The monoisotopic (exact) mass is 521 g/mol. The molecule has 2 heterocycles. The number of nitrogens with zero attached hydrogens (tertiary/aromatic N) is 3. The average molecular weight is 522 g/mol. The number of carbonyl (C=O) groups is 2. The molecule has 0 spiro atoms. The fourth-order valence-electron chi connectivity index (χ4n) is 5.00. The standard InChI is InChI=1S/C29H32FN3O5/c30-22-6-4-5-20(15-22)28-24-17-27(26(34)16-21(24)19-33(23-7-8-23)25(28)18-31)37-11-2-1-3-12-38-29(35)32-9-13-36-14-10-32/h4-6,15,17,19,23,27H,1-3,7-14,16H2. The summed E-state index contributed by atoms with van der Waals surface area (Å²) in [7, 11) is 0. The van der Waals surface area contributed by atoms with Crippen LogP contribution in [0.2, 0.25) is 0 Å². The lowest BCUT2D eigenvalue weighted by molar-refractivity contribution is -0.127. The molecule has 38 heavy (non-hydrogen) atoms. The number of hydrogen-bond acceptors (Lipinski definition) is 7. The highest BCUT2D eigenvalue weighted by atomic mass is 19.1. The van der Waals surface area contributed by atoms with Crippen LogP contribution in [0.15, 0.2) is 53.4 Å². The SMILES string of the molecule is N#CC1=C(c2cccc(F)c2)C2=CC(OCCCCCOC(=O)N3CCOCC3)C(=O)CC2=CN1C1CC1. The number of ketones is 1. The summed E-state index contributed by atoms with van der Waals surface area (Å²) < 4.78 is 30.7. The zero-order chi connectivity index (χ0) is 26.5. The Morgan fingerprint density at radius 2 is 1.95 bits per heavy atom. The van der Waals surface area contributed by atoms with E-state index in [9.17, 15) is 19.2 Å². The van der Waals surface area contributed by atoms with Crippen LogP contribution >= 0.6 is 0 Å². The summed E-state index contributed by atoms with van der Waals surface area (Å²) >= 11 is 0. The Morgan fingerprint density at radius 3 is 2.68 bits per heavy atom. The molecule has 9 heteroatoms. The van der Waals surface area contributed by atoms with Crippen molar-refractivity contribution in [2.24, 2.45) is 0 Å². The van der Waals surface area contributed by atoms with Gasteiger partial charge in [-0.15, -0.1) is 0 Å². The number of unbranched alkanes of at least 4 members (excludes halogenated alkanes) is 2. The van der Waals surface area contributed by atoms with E-state index >= 15 is 0 Å². The van der Waals surface area contributed by atoms with E-state index < -0.39 is 6.10 Å². The van der Waals surface area contributed by atoms with Crippen molar-refractivity contribution >= 4 is 17.4 Å². The van der Waals surface area contributed by atoms with Crippen molar-refractivity contribution in [3.8, 4) is 6.07 Å². The first-order valence-corrected chi connectivity index (χ1v) is 13.3. The van der Waals surface area contributed by atoms with E-state index in [2.05, 4.69) is 6.07 Å². The summed E-state index contributed by atoms with van der Waals surface area (Å²) in [4.78, 5) is 28.6. The first-order valence-electron chi connectivity index (χ1n) is 13.3. The first-order chi connectivity index (χ1) is 18.5. The van der Waals surface area contributed by atoms with E-state index in [1.807, 2.05) is 11.1 Å². The van der Waals surface area contributed by atoms with Gasteiger partial charge in [-0.3, -0.25) is 4.79 Å². The molecule has 2 aliphatic carbocycles. The molecule has 2 fully saturated rings. The molecule has 1 saturated heterocycles. The molecule has 0 aromatic heterocycles. The molecule has 1 aromatic rings. The molecule has 1 aromatic carbocycles. The van der Waals surface area contributed by atoms with Crippen molar-refractivity contribution in [3.05, 3.63) is 64.8 Å². The van der Waals surface area contributed by atoms with Gasteiger partial charge in [0.05, 0.1) is 19.8 Å². The van der Waals surface area contributed by atoms with Crippen molar-refractivity contribution in [3.63, 3.8) is 0 Å². The van der Waals surface area contributed by atoms with Gasteiger partial charge in [0, 0.05) is 43.9 Å². The number of rotatable bonds is 9. The minimum atomic E-state index is -0.725. The molecule has 0 radical (unpaired) electrons. The number of Topliss-reactive ketones (excluding diaryl/α,β-unsaturated/α-hetero) is 1. The molecule has 1 unspecified atom stereocenters. The van der Waals surface area contributed by atoms with Gasteiger partial charge in [0.15, 0.2) is 5.78 Å². The molecule has 5 rings (SSSR count). The summed E-state index contributed by atoms with van der Waals surface area (Å²) in [5, 5.41) is 10.1. The normalized spacial score (nSPS) is 21.5. The molecule has 1 amide bonds. The van der Waals surface area contributed by atoms with Gasteiger partial charge in [-0.25, -0.2) is 9.18 Å². The molecule has 1 atom stereocenters. The highest BCUT2D eigenvalue weighted by molar-refractivity contribution is 5.98. The van der Waals surface area contributed by atoms with Gasteiger partial charge in [-0.1, -0.05) is 12.1 Å². The lowest BCUT2D eigenvalue weighted by Crippen LogP contribution is -2.41. The van der Waals surface area contributed by atoms with E-state index in [4.69, 9.17) is 14.2 Å². The van der Waals surface area contributed by atoms with Crippen molar-refractivity contribution in [2.45, 2.75) is 50.7 Å². The fraction of sp³-hybridized carbons (Fsp3) is 0.483. The van der Waals surface area contributed by atoms with Gasteiger partial charge in [0.1, 0.15) is 23.7 Å². The smallest absolute Gasteiger partial charge is 0.409 e. The predicted molar refractivity (Wildman–Crippen MR) is 137 cm³/mol. The third-order valence-corrected chi connectivity index (χ3v) is 7.15. The van der Waals surface area contributed by atoms with Gasteiger partial charge in [0.25, 0.3) is 0 Å². The number of nitriles is 1. The Bertz CT molecular complexity index is 1210. The molecule has 0 bridgehead atoms. The van der Waals surface area contributed by atoms with Crippen LogP contribution in [0.3, 0.4) is 0 Å². The van der Waals surface area contributed by atoms with E-state index in [1.165, 1.54) is 12.1 Å². The number of carbonyl (C=O) groups excluding carboxylic acids is 2. The number of fused-ring (bicyclic) bond motifs is 1. The lowest BCUT2D eigenvalue weighted by Gasteiger charge is -2.34. The zero-order valence-corrected chi connectivity index (χ0v) is 21.4. The Labute approximate surface area is 221 Å². The second-order valence-electron chi connectivity index (χ2n) is 9.93. The van der Waals surface area contributed by atoms with Gasteiger partial charge >= 0.3 is 6.09 Å². The topological polar surface area (TPSA) is 92.1 Å². The number of amides is 1. The number of benzene rings is 1. The minimum Gasteiger partial charge on any atom is -0.449 e. The molecule has 200 valence electrons. The maximum Gasteiger partial charge on any atom is 0.409 e. The highest BCUT2D eigenvalue weighted by Gasteiger charge is 2.38. The Morgan fingerprint density at radius 1 is 1.16 bits per heavy atom. The highest BCUT2D eigenvalue weighted by Crippen LogP contribution is 2.44. The second kappa shape index (κ2) is 11.9. The summed E-state index contributed by atoms with van der Waals surface area (Å²) in [6.45, 7) is 2.91. The maximum atomic E-state index is 14.2. The van der Waals surface area contributed by atoms with Crippen LogP contribution in [0.1, 0.15) is 44.1 Å². The quantitative estimate of drug-likeness (QED) is 0.446.